The fourth-order valence-corrected chi connectivity index (χ4v) is 1.07. The van der Waals surface area contributed by atoms with Crippen molar-refractivity contribution in [1.82, 2.24) is 0 Å². The second kappa shape index (κ2) is 4.78. The Balaban J connectivity index is 2.47. The molecule has 0 spiro atoms. The summed E-state index contributed by atoms with van der Waals surface area (Å²) in [5.41, 5.74) is 1.19. The summed E-state index contributed by atoms with van der Waals surface area (Å²) >= 11 is 5.71. The molecule has 0 aliphatic carbocycles. The standard InChI is InChI=1S/C9H10ClNO/c10-9-5-3-8(4-6-9)2-1-7-11-12/h3-7,12H,1-2H2. The Morgan fingerprint density at radius 3 is 2.58 bits per heavy atom. The first-order valence-corrected chi connectivity index (χ1v) is 4.11. The molecular formula is C9H10ClNO. The molecular weight excluding hydrogens is 174 g/mol. The fraction of sp³-hybridized carbons (Fsp3) is 0.222. The molecule has 1 aromatic rings. The molecule has 0 bridgehead atoms. The third kappa shape index (κ3) is 2.93. The predicted molar refractivity (Wildman–Crippen MR) is 50.1 cm³/mol. The Kier molecular flexibility index (Phi) is 3.61. The monoisotopic (exact) mass is 183 g/mol. The fourth-order valence-electron chi connectivity index (χ4n) is 0.940. The number of rotatable bonds is 3. The summed E-state index contributed by atoms with van der Waals surface area (Å²) in [7, 11) is 0. The molecule has 1 N–H and O–H groups in total. The van der Waals surface area contributed by atoms with E-state index in [0.29, 0.717) is 0 Å². The van der Waals surface area contributed by atoms with Gasteiger partial charge in [0.1, 0.15) is 0 Å². The normalized spacial score (nSPS) is 10.8. The molecule has 0 aliphatic rings. The summed E-state index contributed by atoms with van der Waals surface area (Å²) in [5, 5.41) is 11.8. The molecule has 0 aliphatic heterocycles. The Morgan fingerprint density at radius 1 is 1.33 bits per heavy atom. The summed E-state index contributed by atoms with van der Waals surface area (Å²) in [5.74, 6) is 0. The smallest absolute Gasteiger partial charge is 0.0439 e. The molecule has 0 fully saturated rings. The molecule has 64 valence electrons. The Bertz CT molecular complexity index is 256. The van der Waals surface area contributed by atoms with E-state index in [0.717, 1.165) is 17.9 Å². The lowest BCUT2D eigenvalue weighted by Gasteiger charge is -1.96. The SMILES string of the molecule is ON=CCCc1ccc(Cl)cc1. The van der Waals surface area contributed by atoms with Gasteiger partial charge in [0, 0.05) is 11.2 Å². The van der Waals surface area contributed by atoms with Crippen LogP contribution in [0.5, 0.6) is 0 Å². The van der Waals surface area contributed by atoms with Gasteiger partial charge in [0.25, 0.3) is 0 Å². The van der Waals surface area contributed by atoms with Gasteiger partial charge in [0.05, 0.1) is 0 Å². The first-order chi connectivity index (χ1) is 5.83. The highest BCUT2D eigenvalue weighted by Gasteiger charge is 1.91. The van der Waals surface area contributed by atoms with E-state index in [4.69, 9.17) is 16.8 Å². The van der Waals surface area contributed by atoms with Crippen LogP contribution in [0, 0.1) is 0 Å². The van der Waals surface area contributed by atoms with Crippen molar-refractivity contribution in [1.29, 1.82) is 0 Å². The molecule has 12 heavy (non-hydrogen) atoms. The van der Waals surface area contributed by atoms with Crippen LogP contribution in [-0.2, 0) is 6.42 Å². The van der Waals surface area contributed by atoms with Crippen molar-refractivity contribution >= 4 is 17.8 Å². The zero-order chi connectivity index (χ0) is 8.81. The molecule has 0 unspecified atom stereocenters. The Labute approximate surface area is 76.5 Å². The molecule has 2 nitrogen and oxygen atoms in total. The van der Waals surface area contributed by atoms with Crippen molar-refractivity contribution in [2.45, 2.75) is 12.8 Å². The minimum Gasteiger partial charge on any atom is -0.411 e. The molecule has 0 amide bonds. The van der Waals surface area contributed by atoms with E-state index in [1.54, 1.807) is 0 Å². The lowest BCUT2D eigenvalue weighted by Crippen LogP contribution is -1.85. The maximum atomic E-state index is 8.14. The number of hydrogen-bond acceptors (Lipinski definition) is 2. The van der Waals surface area contributed by atoms with Gasteiger partial charge < -0.3 is 5.21 Å². The van der Waals surface area contributed by atoms with E-state index in [1.807, 2.05) is 24.3 Å². The average molecular weight is 184 g/mol. The zero-order valence-electron chi connectivity index (χ0n) is 6.57. The van der Waals surface area contributed by atoms with Crippen LogP contribution < -0.4 is 0 Å². The highest BCUT2D eigenvalue weighted by atomic mass is 35.5. The molecule has 0 saturated carbocycles. The van der Waals surface area contributed by atoms with Gasteiger partial charge in [-0.1, -0.05) is 23.7 Å². The van der Waals surface area contributed by atoms with Crippen molar-refractivity contribution in [3.63, 3.8) is 0 Å². The van der Waals surface area contributed by atoms with E-state index in [-0.39, 0.29) is 0 Å². The molecule has 1 rings (SSSR count). The molecule has 1 aromatic carbocycles. The van der Waals surface area contributed by atoms with Crippen molar-refractivity contribution < 1.29 is 5.21 Å². The van der Waals surface area contributed by atoms with E-state index >= 15 is 0 Å². The van der Waals surface area contributed by atoms with Crippen LogP contribution in [0.1, 0.15) is 12.0 Å². The van der Waals surface area contributed by atoms with Gasteiger partial charge >= 0.3 is 0 Å². The zero-order valence-corrected chi connectivity index (χ0v) is 7.33. The van der Waals surface area contributed by atoms with Crippen LogP contribution in [0.15, 0.2) is 29.4 Å². The highest BCUT2D eigenvalue weighted by molar-refractivity contribution is 6.30. The van der Waals surface area contributed by atoms with Gasteiger partial charge in [-0.3, -0.25) is 0 Å². The molecule has 0 radical (unpaired) electrons. The second-order valence-corrected chi connectivity index (χ2v) is 2.90. The van der Waals surface area contributed by atoms with Gasteiger partial charge in [-0.25, -0.2) is 0 Å². The highest BCUT2D eigenvalue weighted by Crippen LogP contribution is 2.10. The van der Waals surface area contributed by atoms with Crippen molar-refractivity contribution in [2.75, 3.05) is 0 Å². The van der Waals surface area contributed by atoms with Crippen LogP contribution in [0.25, 0.3) is 0 Å². The second-order valence-electron chi connectivity index (χ2n) is 2.46. The maximum Gasteiger partial charge on any atom is 0.0439 e. The minimum absolute atomic E-state index is 0.745. The summed E-state index contributed by atoms with van der Waals surface area (Å²) < 4.78 is 0. The predicted octanol–water partition coefficient (Wildman–Crippen LogP) is 2.73. The first-order valence-electron chi connectivity index (χ1n) is 3.73. The molecule has 0 heterocycles. The van der Waals surface area contributed by atoms with Gasteiger partial charge in [-0.2, -0.15) is 0 Å². The summed E-state index contributed by atoms with van der Waals surface area (Å²) in [6.07, 6.45) is 3.11. The summed E-state index contributed by atoms with van der Waals surface area (Å²) in [6, 6.07) is 7.64. The lowest BCUT2D eigenvalue weighted by molar-refractivity contribution is 0.320. The Hall–Kier alpha value is -1.02. The van der Waals surface area contributed by atoms with Crippen molar-refractivity contribution in [3.8, 4) is 0 Å². The Morgan fingerprint density at radius 2 is 2.00 bits per heavy atom. The van der Waals surface area contributed by atoms with E-state index in [9.17, 15) is 0 Å². The van der Waals surface area contributed by atoms with Crippen LogP contribution in [0.3, 0.4) is 0 Å². The van der Waals surface area contributed by atoms with Gasteiger partial charge in [0.2, 0.25) is 0 Å². The number of halogens is 1. The number of aryl methyl sites for hydroxylation is 1. The molecule has 0 atom stereocenters. The number of nitrogens with zero attached hydrogens (tertiary/aromatic N) is 1. The van der Waals surface area contributed by atoms with Gasteiger partial charge in [0.15, 0.2) is 0 Å². The molecule has 0 saturated heterocycles. The number of oxime groups is 1. The van der Waals surface area contributed by atoms with E-state index in [1.165, 1.54) is 11.8 Å². The molecule has 3 heteroatoms. The van der Waals surface area contributed by atoms with Crippen LogP contribution in [-0.4, -0.2) is 11.4 Å². The summed E-state index contributed by atoms with van der Waals surface area (Å²) in [6.45, 7) is 0. The lowest BCUT2D eigenvalue weighted by atomic mass is 10.1. The third-order valence-corrected chi connectivity index (χ3v) is 1.81. The van der Waals surface area contributed by atoms with Crippen molar-refractivity contribution in [3.05, 3.63) is 34.9 Å². The average Bonchev–Trinajstić information content (AvgIpc) is 2.09. The topological polar surface area (TPSA) is 32.6 Å². The third-order valence-electron chi connectivity index (χ3n) is 1.56. The number of benzene rings is 1. The number of hydrogen-bond donors (Lipinski definition) is 1. The van der Waals surface area contributed by atoms with Crippen molar-refractivity contribution in [2.24, 2.45) is 5.16 Å². The maximum absolute atomic E-state index is 8.14. The largest absolute Gasteiger partial charge is 0.411 e. The summed E-state index contributed by atoms with van der Waals surface area (Å²) in [4.78, 5) is 0. The van der Waals surface area contributed by atoms with Crippen LogP contribution in [0.4, 0.5) is 0 Å². The first kappa shape index (κ1) is 9.07. The van der Waals surface area contributed by atoms with E-state index < -0.39 is 0 Å². The van der Waals surface area contributed by atoms with Gasteiger partial charge in [-0.15, -0.1) is 5.16 Å². The van der Waals surface area contributed by atoms with Crippen LogP contribution >= 0.6 is 11.6 Å². The quantitative estimate of drug-likeness (QED) is 0.436. The minimum atomic E-state index is 0.745. The van der Waals surface area contributed by atoms with Gasteiger partial charge in [-0.05, 0) is 30.5 Å². The van der Waals surface area contributed by atoms with E-state index in [2.05, 4.69) is 5.16 Å². The van der Waals surface area contributed by atoms with Crippen LogP contribution in [0.2, 0.25) is 5.02 Å². The molecule has 0 aromatic heterocycles.